The van der Waals surface area contributed by atoms with Crippen molar-refractivity contribution in [2.45, 2.75) is 13.0 Å². The van der Waals surface area contributed by atoms with Crippen LogP contribution in [-0.4, -0.2) is 52.3 Å². The lowest BCUT2D eigenvalue weighted by atomic mass is 10.3. The van der Waals surface area contributed by atoms with E-state index in [9.17, 15) is 0 Å². The van der Waals surface area contributed by atoms with Gasteiger partial charge in [-0.3, -0.25) is 4.90 Å². The summed E-state index contributed by atoms with van der Waals surface area (Å²) in [5.74, 6) is 0.859. The van der Waals surface area contributed by atoms with Gasteiger partial charge in [0.15, 0.2) is 5.82 Å². The Balaban J connectivity index is 2.00. The molecule has 0 fully saturated rings. The van der Waals surface area contributed by atoms with Gasteiger partial charge in [0, 0.05) is 0 Å². The summed E-state index contributed by atoms with van der Waals surface area (Å²) in [5, 5.41) is 15.1. The van der Waals surface area contributed by atoms with Crippen molar-refractivity contribution in [2.75, 3.05) is 27.2 Å². The number of hydrogen-bond donors (Lipinski definition) is 1. The lowest BCUT2D eigenvalue weighted by Crippen LogP contribution is -2.24. The minimum atomic E-state index is 0.742. The van der Waals surface area contributed by atoms with Crippen LogP contribution < -0.4 is 5.32 Å². The van der Waals surface area contributed by atoms with E-state index in [-0.39, 0.29) is 0 Å². The first-order valence-corrected chi connectivity index (χ1v) is 6.47. The van der Waals surface area contributed by atoms with Crippen molar-refractivity contribution in [2.24, 2.45) is 0 Å². The van der Waals surface area contributed by atoms with Crippen molar-refractivity contribution >= 4 is 0 Å². The van der Waals surface area contributed by atoms with Gasteiger partial charge in [-0.25, -0.2) is 0 Å². The standard InChI is InChI=1S/C13H20N6/c1-14-9-6-10-18(2)11-13-15-16-17-19(13)12-7-4-3-5-8-12/h3-5,7-8,14H,6,9-11H2,1-2H3. The van der Waals surface area contributed by atoms with E-state index in [1.165, 1.54) is 0 Å². The summed E-state index contributed by atoms with van der Waals surface area (Å²) in [4.78, 5) is 2.22. The zero-order valence-corrected chi connectivity index (χ0v) is 11.5. The molecular formula is C13H20N6. The highest BCUT2D eigenvalue weighted by atomic mass is 15.5. The number of aromatic nitrogens is 4. The van der Waals surface area contributed by atoms with E-state index in [2.05, 4.69) is 32.8 Å². The Morgan fingerprint density at radius 1 is 1.26 bits per heavy atom. The molecule has 0 amide bonds. The van der Waals surface area contributed by atoms with Crippen LogP contribution in [0.15, 0.2) is 30.3 Å². The Bertz CT molecular complexity index is 481. The Kier molecular flexibility index (Phi) is 5.00. The van der Waals surface area contributed by atoms with E-state index in [0.29, 0.717) is 0 Å². The van der Waals surface area contributed by atoms with Gasteiger partial charge >= 0.3 is 0 Å². The minimum Gasteiger partial charge on any atom is -0.320 e. The van der Waals surface area contributed by atoms with Gasteiger partial charge in [0.05, 0.1) is 12.2 Å². The van der Waals surface area contributed by atoms with Gasteiger partial charge in [-0.15, -0.1) is 5.10 Å². The van der Waals surface area contributed by atoms with Gasteiger partial charge in [0.2, 0.25) is 0 Å². The average Bonchev–Trinajstić information content (AvgIpc) is 2.88. The molecule has 0 bridgehead atoms. The first-order chi connectivity index (χ1) is 9.31. The summed E-state index contributed by atoms with van der Waals surface area (Å²) in [7, 11) is 4.05. The number of hydrogen-bond acceptors (Lipinski definition) is 5. The highest BCUT2D eigenvalue weighted by Gasteiger charge is 2.10. The third kappa shape index (κ3) is 3.84. The molecule has 0 aliphatic rings. The highest BCUT2D eigenvalue weighted by Crippen LogP contribution is 2.08. The monoisotopic (exact) mass is 260 g/mol. The molecule has 19 heavy (non-hydrogen) atoms. The Morgan fingerprint density at radius 2 is 2.05 bits per heavy atom. The van der Waals surface area contributed by atoms with E-state index in [0.717, 1.165) is 37.6 Å². The lowest BCUT2D eigenvalue weighted by Gasteiger charge is -2.15. The number of para-hydroxylation sites is 1. The van der Waals surface area contributed by atoms with Crippen LogP contribution in [0.1, 0.15) is 12.2 Å². The lowest BCUT2D eigenvalue weighted by molar-refractivity contribution is 0.310. The molecule has 1 heterocycles. The number of nitrogens with one attached hydrogen (secondary N) is 1. The van der Waals surface area contributed by atoms with Crippen LogP contribution in [0.25, 0.3) is 5.69 Å². The second-order valence-corrected chi connectivity index (χ2v) is 4.54. The second kappa shape index (κ2) is 6.96. The van der Waals surface area contributed by atoms with Gasteiger partial charge in [-0.2, -0.15) is 4.68 Å². The van der Waals surface area contributed by atoms with Gasteiger partial charge in [-0.1, -0.05) is 18.2 Å². The molecule has 0 radical (unpaired) electrons. The van der Waals surface area contributed by atoms with E-state index < -0.39 is 0 Å². The first kappa shape index (κ1) is 13.6. The average molecular weight is 260 g/mol. The van der Waals surface area contributed by atoms with Crippen LogP contribution in [0.3, 0.4) is 0 Å². The molecule has 0 aliphatic carbocycles. The maximum absolute atomic E-state index is 4.11. The molecule has 0 saturated carbocycles. The van der Waals surface area contributed by atoms with E-state index in [1.807, 2.05) is 37.4 Å². The number of rotatable bonds is 7. The number of nitrogens with zero attached hydrogens (tertiary/aromatic N) is 5. The smallest absolute Gasteiger partial charge is 0.170 e. The topological polar surface area (TPSA) is 58.9 Å². The predicted octanol–water partition coefficient (Wildman–Crippen LogP) is 0.704. The Labute approximate surface area is 113 Å². The second-order valence-electron chi connectivity index (χ2n) is 4.54. The molecule has 1 aromatic carbocycles. The van der Waals surface area contributed by atoms with Crippen LogP contribution in [0.2, 0.25) is 0 Å². The molecule has 2 aromatic rings. The SMILES string of the molecule is CNCCCN(C)Cc1nnnn1-c1ccccc1. The third-order valence-electron chi connectivity index (χ3n) is 2.91. The molecule has 0 saturated heterocycles. The van der Waals surface area contributed by atoms with Crippen LogP contribution >= 0.6 is 0 Å². The van der Waals surface area contributed by atoms with Gasteiger partial charge in [0.25, 0.3) is 0 Å². The third-order valence-corrected chi connectivity index (χ3v) is 2.91. The Hall–Kier alpha value is -1.79. The normalized spacial score (nSPS) is 11.1. The quantitative estimate of drug-likeness (QED) is 0.743. The molecule has 0 unspecified atom stereocenters. The zero-order valence-electron chi connectivity index (χ0n) is 11.5. The summed E-state index contributed by atoms with van der Waals surface area (Å²) in [6.07, 6.45) is 1.11. The van der Waals surface area contributed by atoms with E-state index in [1.54, 1.807) is 4.68 Å². The predicted molar refractivity (Wildman–Crippen MR) is 74.0 cm³/mol. The molecule has 102 valence electrons. The van der Waals surface area contributed by atoms with Crippen LogP contribution in [0, 0.1) is 0 Å². The minimum absolute atomic E-state index is 0.742. The summed E-state index contributed by atoms with van der Waals surface area (Å²) in [6.45, 7) is 2.78. The summed E-state index contributed by atoms with van der Waals surface area (Å²) >= 11 is 0. The van der Waals surface area contributed by atoms with Gasteiger partial charge < -0.3 is 5.32 Å². The van der Waals surface area contributed by atoms with Crippen molar-refractivity contribution in [3.8, 4) is 5.69 Å². The summed E-state index contributed by atoms with van der Waals surface area (Å²) in [6, 6.07) is 9.95. The number of benzene rings is 1. The Morgan fingerprint density at radius 3 is 2.79 bits per heavy atom. The molecule has 6 nitrogen and oxygen atoms in total. The van der Waals surface area contributed by atoms with Crippen molar-refractivity contribution in [1.29, 1.82) is 0 Å². The van der Waals surface area contributed by atoms with Crippen molar-refractivity contribution in [3.63, 3.8) is 0 Å². The van der Waals surface area contributed by atoms with Gasteiger partial charge in [0.1, 0.15) is 0 Å². The zero-order chi connectivity index (χ0) is 13.5. The van der Waals surface area contributed by atoms with E-state index in [4.69, 9.17) is 0 Å². The summed E-state index contributed by atoms with van der Waals surface area (Å²) < 4.78 is 1.79. The fraction of sp³-hybridized carbons (Fsp3) is 0.462. The van der Waals surface area contributed by atoms with Crippen molar-refractivity contribution in [1.82, 2.24) is 30.4 Å². The molecule has 6 heteroatoms. The molecule has 0 aliphatic heterocycles. The molecule has 2 rings (SSSR count). The fourth-order valence-corrected chi connectivity index (χ4v) is 1.92. The molecular weight excluding hydrogens is 240 g/mol. The van der Waals surface area contributed by atoms with Crippen molar-refractivity contribution in [3.05, 3.63) is 36.2 Å². The maximum Gasteiger partial charge on any atom is 0.170 e. The van der Waals surface area contributed by atoms with Gasteiger partial charge in [-0.05, 0) is 56.2 Å². The number of tetrazole rings is 1. The molecule has 0 spiro atoms. The maximum atomic E-state index is 4.11. The largest absolute Gasteiger partial charge is 0.320 e. The molecule has 1 aromatic heterocycles. The summed E-state index contributed by atoms with van der Waals surface area (Å²) in [5.41, 5.74) is 0.992. The fourth-order valence-electron chi connectivity index (χ4n) is 1.92. The van der Waals surface area contributed by atoms with E-state index >= 15 is 0 Å². The first-order valence-electron chi connectivity index (χ1n) is 6.47. The molecule has 0 atom stereocenters. The van der Waals surface area contributed by atoms with Crippen LogP contribution in [0.4, 0.5) is 0 Å². The van der Waals surface area contributed by atoms with Crippen LogP contribution in [0.5, 0.6) is 0 Å². The molecule has 1 N–H and O–H groups in total. The van der Waals surface area contributed by atoms with Crippen LogP contribution in [-0.2, 0) is 6.54 Å². The highest BCUT2D eigenvalue weighted by molar-refractivity contribution is 5.30. The van der Waals surface area contributed by atoms with Crippen molar-refractivity contribution < 1.29 is 0 Å².